The van der Waals surface area contributed by atoms with Gasteiger partial charge < -0.3 is 0 Å². The van der Waals surface area contributed by atoms with Crippen LogP contribution < -0.4 is 0 Å². The van der Waals surface area contributed by atoms with Crippen molar-refractivity contribution in [2.45, 2.75) is 6.92 Å². The first-order valence-corrected chi connectivity index (χ1v) is 4.63. The van der Waals surface area contributed by atoms with Crippen LogP contribution in [0.1, 0.15) is 21.6 Å². The monoisotopic (exact) mass is 201 g/mol. The third kappa shape index (κ3) is 1.79. The largest absolute Gasteiger partial charge is 0.287 e. The molecule has 0 spiro atoms. The fraction of sp³-hybridized carbons (Fsp3) is 0.182. The predicted molar refractivity (Wildman–Crippen MR) is 55.6 cm³/mol. The van der Waals surface area contributed by atoms with E-state index in [4.69, 9.17) is 0 Å². The van der Waals surface area contributed by atoms with Gasteiger partial charge in [0, 0.05) is 19.4 Å². The van der Waals surface area contributed by atoms with E-state index in [1.165, 1.54) is 0 Å². The minimum absolute atomic E-state index is 0.0822. The maximum Gasteiger partial charge on any atom is 0.214 e. The molecule has 0 saturated heterocycles. The molecule has 4 nitrogen and oxygen atoms in total. The summed E-state index contributed by atoms with van der Waals surface area (Å²) in [5.74, 6) is -0.0822. The van der Waals surface area contributed by atoms with Crippen molar-refractivity contribution in [3.63, 3.8) is 0 Å². The number of carbonyl (C=O) groups excluding carboxylic acids is 1. The van der Waals surface area contributed by atoms with Gasteiger partial charge in [0.2, 0.25) is 5.78 Å². The first-order chi connectivity index (χ1) is 7.18. The van der Waals surface area contributed by atoms with Crippen LogP contribution in [0.25, 0.3) is 0 Å². The number of rotatable bonds is 2. The van der Waals surface area contributed by atoms with Crippen molar-refractivity contribution >= 4 is 5.78 Å². The van der Waals surface area contributed by atoms with Crippen LogP contribution in [0, 0.1) is 6.92 Å². The van der Waals surface area contributed by atoms with E-state index < -0.39 is 0 Å². The summed E-state index contributed by atoms with van der Waals surface area (Å²) in [5.41, 5.74) is 1.94. The van der Waals surface area contributed by atoms with Gasteiger partial charge in [-0.25, -0.2) is 0 Å². The minimum atomic E-state index is -0.0822. The summed E-state index contributed by atoms with van der Waals surface area (Å²) >= 11 is 0. The zero-order chi connectivity index (χ0) is 10.8. The van der Waals surface area contributed by atoms with Gasteiger partial charge in [0.15, 0.2) is 0 Å². The molecule has 0 N–H and O–H groups in total. The van der Waals surface area contributed by atoms with Crippen LogP contribution in [0.3, 0.4) is 0 Å². The quantitative estimate of drug-likeness (QED) is 0.689. The number of pyridine rings is 1. The van der Waals surface area contributed by atoms with Crippen LogP contribution in [0.15, 0.2) is 30.7 Å². The molecule has 0 unspecified atom stereocenters. The highest BCUT2D eigenvalue weighted by Gasteiger charge is 2.13. The third-order valence-corrected chi connectivity index (χ3v) is 2.19. The summed E-state index contributed by atoms with van der Waals surface area (Å²) < 4.78 is 1.60. The van der Waals surface area contributed by atoms with Gasteiger partial charge in [-0.15, -0.1) is 0 Å². The molecule has 15 heavy (non-hydrogen) atoms. The molecule has 0 fully saturated rings. The summed E-state index contributed by atoms with van der Waals surface area (Å²) in [4.78, 5) is 16.0. The topological polar surface area (TPSA) is 47.8 Å². The van der Waals surface area contributed by atoms with E-state index in [0.29, 0.717) is 11.3 Å². The van der Waals surface area contributed by atoms with E-state index in [1.54, 1.807) is 30.3 Å². The SMILES string of the molecule is Cc1cccnc1C(=O)c1cnn(C)c1. The van der Waals surface area contributed by atoms with Crippen LogP contribution >= 0.6 is 0 Å². The Morgan fingerprint density at radius 2 is 2.27 bits per heavy atom. The molecule has 0 aliphatic heterocycles. The molecule has 2 aromatic heterocycles. The Morgan fingerprint density at radius 3 is 2.87 bits per heavy atom. The molecule has 2 rings (SSSR count). The molecular weight excluding hydrogens is 190 g/mol. The van der Waals surface area contributed by atoms with E-state index in [-0.39, 0.29) is 5.78 Å². The summed E-state index contributed by atoms with van der Waals surface area (Å²) in [5, 5.41) is 3.96. The lowest BCUT2D eigenvalue weighted by molar-refractivity contribution is 0.103. The Hall–Kier alpha value is -1.97. The van der Waals surface area contributed by atoms with Crippen molar-refractivity contribution in [1.29, 1.82) is 0 Å². The van der Waals surface area contributed by atoms with Gasteiger partial charge in [-0.05, 0) is 18.6 Å². The second kappa shape index (κ2) is 3.65. The molecule has 0 aliphatic rings. The highest BCUT2D eigenvalue weighted by Crippen LogP contribution is 2.10. The molecule has 0 aromatic carbocycles. The van der Waals surface area contributed by atoms with E-state index >= 15 is 0 Å². The van der Waals surface area contributed by atoms with Crippen LogP contribution in [0.4, 0.5) is 0 Å². The minimum Gasteiger partial charge on any atom is -0.287 e. The maximum absolute atomic E-state index is 12.0. The smallest absolute Gasteiger partial charge is 0.214 e. The average molecular weight is 201 g/mol. The fourth-order valence-corrected chi connectivity index (χ4v) is 1.40. The Bertz CT molecular complexity index is 502. The van der Waals surface area contributed by atoms with Crippen molar-refractivity contribution in [2.75, 3.05) is 0 Å². The average Bonchev–Trinajstić information content (AvgIpc) is 2.65. The first-order valence-electron chi connectivity index (χ1n) is 4.63. The molecule has 0 amide bonds. The number of hydrogen-bond acceptors (Lipinski definition) is 3. The number of hydrogen-bond donors (Lipinski definition) is 0. The van der Waals surface area contributed by atoms with Crippen LogP contribution in [-0.2, 0) is 7.05 Å². The van der Waals surface area contributed by atoms with Crippen molar-refractivity contribution < 1.29 is 4.79 Å². The van der Waals surface area contributed by atoms with Crippen LogP contribution in [0.5, 0.6) is 0 Å². The number of aromatic nitrogens is 3. The zero-order valence-electron chi connectivity index (χ0n) is 8.64. The molecule has 2 heterocycles. The molecule has 0 atom stereocenters. The van der Waals surface area contributed by atoms with Gasteiger partial charge in [-0.1, -0.05) is 6.07 Å². The molecule has 76 valence electrons. The molecule has 4 heteroatoms. The lowest BCUT2D eigenvalue weighted by Crippen LogP contribution is -2.05. The summed E-state index contributed by atoms with van der Waals surface area (Å²) in [6, 6.07) is 3.69. The summed E-state index contributed by atoms with van der Waals surface area (Å²) in [6.07, 6.45) is 4.86. The first kappa shape index (κ1) is 9.58. The van der Waals surface area contributed by atoms with Gasteiger partial charge >= 0.3 is 0 Å². The lowest BCUT2D eigenvalue weighted by atomic mass is 10.1. The van der Waals surface area contributed by atoms with E-state index in [9.17, 15) is 4.79 Å². The summed E-state index contributed by atoms with van der Waals surface area (Å²) in [6.45, 7) is 1.87. The molecule has 0 bridgehead atoms. The second-order valence-corrected chi connectivity index (χ2v) is 3.40. The van der Waals surface area contributed by atoms with Gasteiger partial charge in [0.25, 0.3) is 0 Å². The van der Waals surface area contributed by atoms with Gasteiger partial charge in [0.1, 0.15) is 5.69 Å². The van der Waals surface area contributed by atoms with E-state index in [1.807, 2.05) is 19.1 Å². The molecule has 2 aromatic rings. The lowest BCUT2D eigenvalue weighted by Gasteiger charge is -2.00. The van der Waals surface area contributed by atoms with Crippen molar-refractivity contribution in [3.8, 4) is 0 Å². The number of ketones is 1. The van der Waals surface area contributed by atoms with Gasteiger partial charge in [0.05, 0.1) is 11.8 Å². The molecular formula is C11H11N3O. The van der Waals surface area contributed by atoms with Crippen molar-refractivity contribution in [1.82, 2.24) is 14.8 Å². The molecule has 0 radical (unpaired) electrons. The van der Waals surface area contributed by atoms with Crippen LogP contribution in [0.2, 0.25) is 0 Å². The van der Waals surface area contributed by atoms with Crippen molar-refractivity contribution in [2.24, 2.45) is 7.05 Å². The second-order valence-electron chi connectivity index (χ2n) is 3.40. The number of carbonyl (C=O) groups is 1. The zero-order valence-corrected chi connectivity index (χ0v) is 8.64. The van der Waals surface area contributed by atoms with Crippen molar-refractivity contribution in [3.05, 3.63) is 47.5 Å². The predicted octanol–water partition coefficient (Wildman–Crippen LogP) is 1.35. The van der Waals surface area contributed by atoms with Crippen LogP contribution in [-0.4, -0.2) is 20.5 Å². The highest BCUT2D eigenvalue weighted by molar-refractivity contribution is 6.08. The maximum atomic E-state index is 12.0. The summed E-state index contributed by atoms with van der Waals surface area (Å²) in [7, 11) is 1.78. The Morgan fingerprint density at radius 1 is 1.47 bits per heavy atom. The number of nitrogens with zero attached hydrogens (tertiary/aromatic N) is 3. The Labute approximate surface area is 87.6 Å². The van der Waals surface area contributed by atoms with Gasteiger partial charge in [-0.2, -0.15) is 5.10 Å². The van der Waals surface area contributed by atoms with E-state index in [0.717, 1.165) is 5.56 Å². The highest BCUT2D eigenvalue weighted by atomic mass is 16.1. The van der Waals surface area contributed by atoms with E-state index in [2.05, 4.69) is 10.1 Å². The molecule has 0 saturated carbocycles. The standard InChI is InChI=1S/C11H11N3O/c1-8-4-3-5-12-10(8)11(15)9-6-13-14(2)7-9/h3-7H,1-2H3. The Kier molecular flexibility index (Phi) is 2.33. The van der Waals surface area contributed by atoms with Gasteiger partial charge in [-0.3, -0.25) is 14.5 Å². The Balaban J connectivity index is 2.41. The number of aryl methyl sites for hydroxylation is 2. The third-order valence-electron chi connectivity index (χ3n) is 2.19. The molecule has 0 aliphatic carbocycles. The normalized spacial score (nSPS) is 10.3. The fourth-order valence-electron chi connectivity index (χ4n) is 1.40.